The van der Waals surface area contributed by atoms with Crippen molar-refractivity contribution >= 4 is 32.5 Å². The Kier molecular flexibility index (Phi) is 6.43. The number of nitrogens with zero attached hydrogens (tertiary/aromatic N) is 4. The van der Waals surface area contributed by atoms with Crippen molar-refractivity contribution < 1.29 is 26.7 Å². The third kappa shape index (κ3) is 4.81. The number of benzene rings is 1. The number of nitrogens with one attached hydrogen (secondary N) is 1. The van der Waals surface area contributed by atoms with Crippen LogP contribution in [0, 0.1) is 5.82 Å². The lowest BCUT2D eigenvalue weighted by atomic mass is 10.1. The molecule has 1 N–H and O–H groups in total. The molecule has 6 rings (SSSR count). The molecule has 1 saturated heterocycles. The first-order chi connectivity index (χ1) is 18.8. The Hall–Kier alpha value is -4.03. The highest BCUT2D eigenvalue weighted by atomic mass is 32.2. The first-order valence-corrected chi connectivity index (χ1v) is 13.9. The number of fused-ring (bicyclic) bond motifs is 2. The second-order valence-electron chi connectivity index (χ2n) is 9.37. The van der Waals surface area contributed by atoms with Gasteiger partial charge in [0, 0.05) is 35.8 Å². The summed E-state index contributed by atoms with van der Waals surface area (Å²) in [4.78, 5) is 28.2. The summed E-state index contributed by atoms with van der Waals surface area (Å²) in [6.07, 6.45) is 2.79. The third-order valence-corrected chi connectivity index (χ3v) is 8.58. The molecule has 0 aliphatic carbocycles. The minimum absolute atomic E-state index is 0.0241. The molecule has 12 heteroatoms. The van der Waals surface area contributed by atoms with E-state index in [4.69, 9.17) is 14.7 Å². The summed E-state index contributed by atoms with van der Waals surface area (Å²) in [6.45, 7) is 0.837. The number of rotatable bonds is 5. The molecule has 200 valence electrons. The van der Waals surface area contributed by atoms with Crippen molar-refractivity contribution in [3.05, 3.63) is 77.4 Å². The summed E-state index contributed by atoms with van der Waals surface area (Å²) in [7, 11) is -4.50. The number of ether oxygens (including phenoxy) is 1. The normalized spacial score (nSPS) is 18.2. The Labute approximate surface area is 222 Å². The molecule has 9 nitrogen and oxygen atoms in total. The number of carbonyl (C=O) groups excluding carboxylic acids is 1. The van der Waals surface area contributed by atoms with Gasteiger partial charge in [-0.05, 0) is 48.9 Å². The van der Waals surface area contributed by atoms with Crippen molar-refractivity contribution in [3.63, 3.8) is 0 Å². The van der Waals surface area contributed by atoms with Gasteiger partial charge < -0.3 is 15.0 Å². The fourth-order valence-electron chi connectivity index (χ4n) is 4.47. The van der Waals surface area contributed by atoms with Crippen LogP contribution in [0.3, 0.4) is 0 Å². The van der Waals surface area contributed by atoms with E-state index in [9.17, 15) is 22.0 Å². The SMILES string of the molecule is O=C(NCc1cc2nc(-c3cccc(N4CCC4)n3)ccc2cn1)c1cc(F)c2c(c1)S(=O)(=O)[C@@H](F)COC2. The molecule has 3 aromatic heterocycles. The number of pyridine rings is 3. The lowest BCUT2D eigenvalue weighted by molar-refractivity contribution is 0.0938. The summed E-state index contributed by atoms with van der Waals surface area (Å²) in [5.74, 6) is -0.777. The fourth-order valence-corrected chi connectivity index (χ4v) is 5.82. The van der Waals surface area contributed by atoms with Crippen LogP contribution in [0.15, 0.2) is 59.6 Å². The maximum Gasteiger partial charge on any atom is 0.251 e. The summed E-state index contributed by atoms with van der Waals surface area (Å²) >= 11 is 0. The highest BCUT2D eigenvalue weighted by Crippen LogP contribution is 2.29. The molecule has 1 fully saturated rings. The van der Waals surface area contributed by atoms with Crippen molar-refractivity contribution in [1.82, 2.24) is 20.3 Å². The first kappa shape index (κ1) is 25.3. The van der Waals surface area contributed by atoms with Gasteiger partial charge in [0.25, 0.3) is 5.91 Å². The number of hydrogen-bond acceptors (Lipinski definition) is 8. The summed E-state index contributed by atoms with van der Waals surface area (Å²) < 4.78 is 58.7. The Morgan fingerprint density at radius 2 is 1.92 bits per heavy atom. The monoisotopic (exact) mass is 551 g/mol. The zero-order valence-electron chi connectivity index (χ0n) is 20.6. The van der Waals surface area contributed by atoms with Gasteiger partial charge in [0.2, 0.25) is 15.3 Å². The van der Waals surface area contributed by atoms with Gasteiger partial charge in [-0.25, -0.2) is 27.2 Å². The molecule has 4 aromatic rings. The predicted molar refractivity (Wildman–Crippen MR) is 139 cm³/mol. The standard InChI is InChI=1S/C27H23F2N5O4S/c28-20-9-17(10-24-19(20)14-38-15-25(29)39(24,36)37)27(35)31-13-18-11-23-16(12-30-18)5-6-22(32-23)21-3-1-4-26(33-21)34-7-2-8-34/h1,3-6,9-12,25H,2,7-8,13-15H2,(H,31,35)/t25-/m1/s1. The maximum atomic E-state index is 14.7. The van der Waals surface area contributed by atoms with Crippen molar-refractivity contribution in [3.8, 4) is 11.4 Å². The zero-order valence-corrected chi connectivity index (χ0v) is 21.4. The van der Waals surface area contributed by atoms with Crippen LogP contribution in [-0.4, -0.2) is 54.5 Å². The lowest BCUT2D eigenvalue weighted by Crippen LogP contribution is -2.37. The average molecular weight is 552 g/mol. The van der Waals surface area contributed by atoms with E-state index in [1.165, 1.54) is 0 Å². The van der Waals surface area contributed by atoms with Crippen LogP contribution < -0.4 is 10.2 Å². The number of sulfone groups is 1. The number of aromatic nitrogens is 3. The van der Waals surface area contributed by atoms with Crippen LogP contribution in [0.4, 0.5) is 14.6 Å². The molecule has 0 saturated carbocycles. The molecule has 0 unspecified atom stereocenters. The van der Waals surface area contributed by atoms with Crippen molar-refractivity contribution in [1.29, 1.82) is 0 Å². The van der Waals surface area contributed by atoms with Gasteiger partial charge in [-0.2, -0.15) is 0 Å². The van der Waals surface area contributed by atoms with Crippen LogP contribution in [0.1, 0.15) is 28.0 Å². The third-order valence-electron chi connectivity index (χ3n) is 6.79. The van der Waals surface area contributed by atoms with Gasteiger partial charge in [0.1, 0.15) is 11.6 Å². The second kappa shape index (κ2) is 9.93. The first-order valence-electron chi connectivity index (χ1n) is 12.3. The lowest BCUT2D eigenvalue weighted by Gasteiger charge is -2.32. The van der Waals surface area contributed by atoms with Gasteiger partial charge in [0.05, 0.1) is 47.3 Å². The molecule has 2 aliphatic rings. The summed E-state index contributed by atoms with van der Waals surface area (Å²) in [5, 5.41) is 3.41. The fraction of sp³-hybridized carbons (Fsp3) is 0.259. The molecule has 0 radical (unpaired) electrons. The Morgan fingerprint density at radius 3 is 2.72 bits per heavy atom. The number of anilines is 1. The van der Waals surface area contributed by atoms with Gasteiger partial charge >= 0.3 is 0 Å². The highest BCUT2D eigenvalue weighted by Gasteiger charge is 2.35. The van der Waals surface area contributed by atoms with E-state index in [1.807, 2.05) is 30.3 Å². The number of carbonyl (C=O) groups is 1. The van der Waals surface area contributed by atoms with Crippen LogP contribution in [0.25, 0.3) is 22.3 Å². The average Bonchev–Trinajstić information content (AvgIpc) is 3.01. The van der Waals surface area contributed by atoms with Gasteiger partial charge in [-0.3, -0.25) is 9.78 Å². The van der Waals surface area contributed by atoms with Crippen molar-refractivity contribution in [2.24, 2.45) is 0 Å². The van der Waals surface area contributed by atoms with Crippen molar-refractivity contribution in [2.45, 2.75) is 30.0 Å². The van der Waals surface area contributed by atoms with Gasteiger partial charge in [-0.15, -0.1) is 0 Å². The van der Waals surface area contributed by atoms with E-state index in [0.29, 0.717) is 16.9 Å². The molecule has 1 atom stereocenters. The minimum Gasteiger partial charge on any atom is -0.372 e. The quantitative estimate of drug-likeness (QED) is 0.401. The molecule has 1 aromatic carbocycles. The Bertz CT molecular complexity index is 1710. The highest BCUT2D eigenvalue weighted by molar-refractivity contribution is 7.92. The van der Waals surface area contributed by atoms with E-state index >= 15 is 0 Å². The predicted octanol–water partition coefficient (Wildman–Crippen LogP) is 3.57. The molecular weight excluding hydrogens is 528 g/mol. The van der Waals surface area contributed by atoms with Crippen LogP contribution in [0.2, 0.25) is 0 Å². The molecule has 5 heterocycles. The molecule has 0 spiro atoms. The largest absolute Gasteiger partial charge is 0.372 e. The molecule has 39 heavy (non-hydrogen) atoms. The number of hydrogen-bond donors (Lipinski definition) is 1. The van der Waals surface area contributed by atoms with Crippen LogP contribution in [-0.2, 0) is 27.7 Å². The second-order valence-corrected chi connectivity index (χ2v) is 11.4. The minimum atomic E-state index is -4.50. The maximum absolute atomic E-state index is 14.7. The van der Waals surface area contributed by atoms with E-state index in [-0.39, 0.29) is 17.7 Å². The van der Waals surface area contributed by atoms with E-state index in [1.54, 1.807) is 12.3 Å². The van der Waals surface area contributed by atoms with E-state index < -0.39 is 45.2 Å². The number of alkyl halides is 1. The van der Waals surface area contributed by atoms with Crippen LogP contribution in [0.5, 0.6) is 0 Å². The van der Waals surface area contributed by atoms with E-state index in [2.05, 4.69) is 15.2 Å². The zero-order chi connectivity index (χ0) is 27.1. The topological polar surface area (TPSA) is 114 Å². The summed E-state index contributed by atoms with van der Waals surface area (Å²) in [6, 6.07) is 13.2. The van der Waals surface area contributed by atoms with E-state index in [0.717, 1.165) is 48.5 Å². The molecule has 0 bridgehead atoms. The van der Waals surface area contributed by atoms with Gasteiger partial charge in [-0.1, -0.05) is 6.07 Å². The van der Waals surface area contributed by atoms with Crippen molar-refractivity contribution in [2.75, 3.05) is 24.6 Å². The van der Waals surface area contributed by atoms with Crippen LogP contribution >= 0.6 is 0 Å². The van der Waals surface area contributed by atoms with Gasteiger partial charge in [0.15, 0.2) is 0 Å². The number of amides is 1. The Balaban J connectivity index is 1.22. The Morgan fingerprint density at radius 1 is 1.10 bits per heavy atom. The molecule has 2 aliphatic heterocycles. The molecule has 1 amide bonds. The summed E-state index contributed by atoms with van der Waals surface area (Å²) in [5.41, 5.74) is -0.309. The number of halogens is 2. The smallest absolute Gasteiger partial charge is 0.251 e. The molecular formula is C27H23F2N5O4S.